The van der Waals surface area contributed by atoms with E-state index in [9.17, 15) is 14.7 Å². The van der Waals surface area contributed by atoms with Gasteiger partial charge in [-0.25, -0.2) is 0 Å². The van der Waals surface area contributed by atoms with E-state index in [1.165, 1.54) is 10.6 Å². The molecule has 0 aliphatic rings. The second-order valence-corrected chi connectivity index (χ2v) is 5.09. The molecule has 0 unspecified atom stereocenters. The monoisotopic (exact) mass is 310 g/mol. The number of pyridine rings is 2. The number of aromatic hydroxyl groups is 1. The van der Waals surface area contributed by atoms with E-state index in [1.807, 2.05) is 6.92 Å². The highest BCUT2D eigenvalue weighted by atomic mass is 16.3. The second-order valence-electron chi connectivity index (χ2n) is 5.09. The van der Waals surface area contributed by atoms with Crippen LogP contribution >= 0.6 is 0 Å². The van der Waals surface area contributed by atoms with Gasteiger partial charge in [-0.1, -0.05) is 0 Å². The largest absolute Gasteiger partial charge is 0.493 e. The number of carbonyl (C=O) groups is 1. The van der Waals surface area contributed by atoms with E-state index in [1.54, 1.807) is 36.7 Å². The number of carbonyl (C=O) groups excluding carboxylic acids is 1. The van der Waals surface area contributed by atoms with E-state index in [0.29, 0.717) is 0 Å². The zero-order valence-corrected chi connectivity index (χ0v) is 12.4. The number of nitrogens with zero attached hydrogens (tertiary/aromatic N) is 3. The van der Waals surface area contributed by atoms with Crippen molar-refractivity contribution in [1.82, 2.24) is 19.7 Å². The standard InChI is InChI=1S/C16H14N4O3/c1-10-4-7-20-12(8-10)19-15(22)13(16(20)23)14(21)18-9-11-2-5-17-6-3-11/h2-8,22H,9H2,1H3,(H,18,21). The lowest BCUT2D eigenvalue weighted by Crippen LogP contribution is -2.31. The summed E-state index contributed by atoms with van der Waals surface area (Å²) < 4.78 is 1.23. The van der Waals surface area contributed by atoms with Gasteiger partial charge >= 0.3 is 0 Å². The minimum Gasteiger partial charge on any atom is -0.493 e. The second kappa shape index (κ2) is 5.88. The molecule has 116 valence electrons. The van der Waals surface area contributed by atoms with Crippen LogP contribution in [-0.4, -0.2) is 25.4 Å². The van der Waals surface area contributed by atoms with Crippen molar-refractivity contribution < 1.29 is 9.90 Å². The summed E-state index contributed by atoms with van der Waals surface area (Å²) in [6.07, 6.45) is 4.74. The van der Waals surface area contributed by atoms with Gasteiger partial charge in [0.25, 0.3) is 11.5 Å². The van der Waals surface area contributed by atoms with Gasteiger partial charge in [0.15, 0.2) is 5.56 Å². The Balaban J connectivity index is 1.94. The van der Waals surface area contributed by atoms with E-state index in [-0.39, 0.29) is 17.8 Å². The van der Waals surface area contributed by atoms with Crippen LogP contribution in [0.15, 0.2) is 47.7 Å². The topological polar surface area (TPSA) is 96.6 Å². The molecule has 1 amide bonds. The quantitative estimate of drug-likeness (QED) is 0.753. The molecule has 0 atom stereocenters. The number of aromatic nitrogens is 3. The molecule has 0 bridgehead atoms. The number of hydrogen-bond donors (Lipinski definition) is 2. The Bertz CT molecular complexity index is 935. The van der Waals surface area contributed by atoms with Crippen LogP contribution in [0.3, 0.4) is 0 Å². The predicted molar refractivity (Wildman–Crippen MR) is 83.3 cm³/mol. The average Bonchev–Trinajstić information content (AvgIpc) is 2.53. The molecule has 3 heterocycles. The van der Waals surface area contributed by atoms with Gasteiger partial charge in [0.05, 0.1) is 0 Å². The molecule has 23 heavy (non-hydrogen) atoms. The van der Waals surface area contributed by atoms with Crippen LogP contribution in [0.25, 0.3) is 5.65 Å². The summed E-state index contributed by atoms with van der Waals surface area (Å²) in [6, 6.07) is 6.87. The summed E-state index contributed by atoms with van der Waals surface area (Å²) in [5, 5.41) is 12.5. The first-order valence-electron chi connectivity index (χ1n) is 6.95. The number of nitrogens with one attached hydrogen (secondary N) is 1. The van der Waals surface area contributed by atoms with Crippen molar-refractivity contribution >= 4 is 11.6 Å². The van der Waals surface area contributed by atoms with E-state index < -0.39 is 17.3 Å². The maximum absolute atomic E-state index is 12.4. The Morgan fingerprint density at radius 3 is 2.78 bits per heavy atom. The van der Waals surface area contributed by atoms with Gasteiger partial charge in [-0.3, -0.25) is 19.0 Å². The SMILES string of the molecule is Cc1ccn2c(=O)c(C(=O)NCc3ccncc3)c(O)nc2c1. The number of rotatable bonds is 3. The van der Waals surface area contributed by atoms with Crippen LogP contribution in [0.2, 0.25) is 0 Å². The number of hydrogen-bond acceptors (Lipinski definition) is 5. The Kier molecular flexibility index (Phi) is 3.76. The molecule has 3 aromatic heterocycles. The summed E-state index contributed by atoms with van der Waals surface area (Å²) in [6.45, 7) is 2.06. The van der Waals surface area contributed by atoms with Crippen LogP contribution in [-0.2, 0) is 6.54 Å². The molecular weight excluding hydrogens is 296 g/mol. The maximum atomic E-state index is 12.4. The Hall–Kier alpha value is -3.22. The fraction of sp³-hybridized carbons (Fsp3) is 0.125. The molecule has 2 N–H and O–H groups in total. The van der Waals surface area contributed by atoms with Gasteiger partial charge in [-0.05, 0) is 42.3 Å². The third kappa shape index (κ3) is 2.89. The van der Waals surface area contributed by atoms with Gasteiger partial charge in [0.1, 0.15) is 5.65 Å². The van der Waals surface area contributed by atoms with E-state index in [0.717, 1.165) is 11.1 Å². The lowest BCUT2D eigenvalue weighted by Gasteiger charge is -2.08. The van der Waals surface area contributed by atoms with E-state index >= 15 is 0 Å². The Labute approximate surface area is 131 Å². The molecule has 0 fully saturated rings. The summed E-state index contributed by atoms with van der Waals surface area (Å²) in [4.78, 5) is 32.4. The van der Waals surface area contributed by atoms with Crippen LogP contribution in [0.1, 0.15) is 21.5 Å². The van der Waals surface area contributed by atoms with Gasteiger partial charge in [-0.2, -0.15) is 4.98 Å². The summed E-state index contributed by atoms with van der Waals surface area (Å²) in [7, 11) is 0. The van der Waals surface area contributed by atoms with Gasteiger partial charge in [-0.15, -0.1) is 0 Å². The lowest BCUT2D eigenvalue weighted by atomic mass is 10.2. The molecule has 0 saturated carbocycles. The fourth-order valence-electron chi connectivity index (χ4n) is 2.20. The predicted octanol–water partition coefficient (Wildman–Crippen LogP) is 1.03. The highest BCUT2D eigenvalue weighted by molar-refractivity contribution is 5.96. The van der Waals surface area contributed by atoms with E-state index in [2.05, 4.69) is 15.3 Å². The number of aryl methyl sites for hydroxylation is 1. The molecule has 0 saturated heterocycles. The summed E-state index contributed by atoms with van der Waals surface area (Å²) in [5.41, 5.74) is 1.03. The van der Waals surface area contributed by atoms with Crippen LogP contribution < -0.4 is 10.9 Å². The van der Waals surface area contributed by atoms with Gasteiger partial charge in [0, 0.05) is 25.1 Å². The first kappa shape index (κ1) is 14.7. The van der Waals surface area contributed by atoms with Crippen molar-refractivity contribution in [3.8, 4) is 5.88 Å². The highest BCUT2D eigenvalue weighted by Gasteiger charge is 2.19. The van der Waals surface area contributed by atoms with Crippen molar-refractivity contribution in [2.75, 3.05) is 0 Å². The van der Waals surface area contributed by atoms with Crippen LogP contribution in [0.4, 0.5) is 0 Å². The molecule has 7 nitrogen and oxygen atoms in total. The minimum absolute atomic E-state index is 0.219. The maximum Gasteiger partial charge on any atom is 0.274 e. The van der Waals surface area contributed by atoms with Crippen molar-refractivity contribution in [3.63, 3.8) is 0 Å². The number of amides is 1. The lowest BCUT2D eigenvalue weighted by molar-refractivity contribution is 0.0945. The van der Waals surface area contributed by atoms with Crippen molar-refractivity contribution in [1.29, 1.82) is 0 Å². The number of fused-ring (bicyclic) bond motifs is 1. The highest BCUT2D eigenvalue weighted by Crippen LogP contribution is 2.12. The van der Waals surface area contributed by atoms with Crippen molar-refractivity contribution in [3.05, 3.63) is 69.9 Å². The summed E-state index contributed by atoms with van der Waals surface area (Å²) >= 11 is 0. The molecule has 0 aliphatic carbocycles. The fourth-order valence-corrected chi connectivity index (χ4v) is 2.20. The first-order valence-corrected chi connectivity index (χ1v) is 6.95. The molecule has 0 radical (unpaired) electrons. The summed E-state index contributed by atoms with van der Waals surface area (Å²) in [5.74, 6) is -1.25. The van der Waals surface area contributed by atoms with Crippen LogP contribution in [0, 0.1) is 6.92 Å². The van der Waals surface area contributed by atoms with E-state index in [4.69, 9.17) is 0 Å². The zero-order valence-electron chi connectivity index (χ0n) is 12.4. The van der Waals surface area contributed by atoms with Crippen molar-refractivity contribution in [2.24, 2.45) is 0 Å². The van der Waals surface area contributed by atoms with Crippen molar-refractivity contribution in [2.45, 2.75) is 13.5 Å². The van der Waals surface area contributed by atoms with Gasteiger partial charge < -0.3 is 10.4 Å². The average molecular weight is 310 g/mol. The molecule has 0 spiro atoms. The molecule has 7 heteroatoms. The third-order valence-corrected chi connectivity index (χ3v) is 3.40. The molecular formula is C16H14N4O3. The Morgan fingerprint density at radius 2 is 2.04 bits per heavy atom. The minimum atomic E-state index is -0.674. The first-order chi connectivity index (χ1) is 11.1. The molecule has 0 aromatic carbocycles. The van der Waals surface area contributed by atoms with Crippen LogP contribution in [0.5, 0.6) is 5.88 Å². The van der Waals surface area contributed by atoms with Gasteiger partial charge in [0.2, 0.25) is 5.88 Å². The third-order valence-electron chi connectivity index (χ3n) is 3.40. The molecule has 0 aliphatic heterocycles. The normalized spacial score (nSPS) is 10.7. The molecule has 3 rings (SSSR count). The molecule has 3 aromatic rings. The smallest absolute Gasteiger partial charge is 0.274 e. The Morgan fingerprint density at radius 1 is 1.30 bits per heavy atom. The zero-order chi connectivity index (χ0) is 16.4.